The van der Waals surface area contributed by atoms with Gasteiger partial charge in [-0.1, -0.05) is 23.3 Å². The Balaban J connectivity index is 1.79. The van der Waals surface area contributed by atoms with Crippen molar-refractivity contribution in [2.75, 3.05) is 0 Å². The number of carbonyl (C=O) groups excluding carboxylic acids is 2. The molecule has 7 nitrogen and oxygen atoms in total. The predicted molar refractivity (Wildman–Crippen MR) is 98.0 cm³/mol. The summed E-state index contributed by atoms with van der Waals surface area (Å²) in [4.78, 5) is 25.0. The van der Waals surface area contributed by atoms with Crippen molar-refractivity contribution in [1.82, 2.24) is 0 Å². The number of aliphatic hydroxyl groups is 2. The maximum atomic E-state index is 12.7. The normalized spacial score (nSPS) is 49.2. The number of rotatable bonds is 1. The van der Waals surface area contributed by atoms with Crippen molar-refractivity contribution in [2.24, 2.45) is 5.92 Å². The van der Waals surface area contributed by atoms with E-state index in [-0.39, 0.29) is 18.6 Å². The van der Waals surface area contributed by atoms with Gasteiger partial charge in [0.05, 0.1) is 0 Å². The monoisotopic (exact) mass is 390 g/mol. The van der Waals surface area contributed by atoms with E-state index in [2.05, 4.69) is 6.58 Å². The molecule has 0 saturated carbocycles. The van der Waals surface area contributed by atoms with Gasteiger partial charge in [0, 0.05) is 18.8 Å². The lowest BCUT2D eigenvalue weighted by atomic mass is 9.77. The SMILES string of the molecule is C=C(C)[C@@H]1C[C@H]2O[C@](O)(C/C(C)=C\C(=O)/C=C(/C)C[C@@H]3OC(=O)[C@]24O[C@@H]34)[C@H]1O. The molecule has 0 spiro atoms. The summed E-state index contributed by atoms with van der Waals surface area (Å²) in [6.07, 6.45) is 0.483. The zero-order valence-electron chi connectivity index (χ0n) is 16.3. The van der Waals surface area contributed by atoms with Crippen LogP contribution in [0.1, 0.15) is 40.0 Å². The zero-order valence-corrected chi connectivity index (χ0v) is 16.3. The van der Waals surface area contributed by atoms with Crippen molar-refractivity contribution in [1.29, 1.82) is 0 Å². The molecule has 4 rings (SSSR count). The summed E-state index contributed by atoms with van der Waals surface area (Å²) in [5, 5.41) is 22.0. The van der Waals surface area contributed by atoms with Gasteiger partial charge >= 0.3 is 5.97 Å². The number of aliphatic hydroxyl groups excluding tert-OH is 1. The summed E-state index contributed by atoms with van der Waals surface area (Å²) in [5.74, 6) is -3.20. The van der Waals surface area contributed by atoms with E-state index in [1.54, 1.807) is 20.8 Å². The lowest BCUT2D eigenvalue weighted by Gasteiger charge is -2.46. The van der Waals surface area contributed by atoms with E-state index in [9.17, 15) is 19.8 Å². The number of fused-ring (bicyclic) bond motifs is 2. The van der Waals surface area contributed by atoms with Gasteiger partial charge in [0.2, 0.25) is 5.60 Å². The highest BCUT2D eigenvalue weighted by atomic mass is 16.7. The van der Waals surface area contributed by atoms with Gasteiger partial charge in [-0.25, -0.2) is 4.79 Å². The molecular weight excluding hydrogens is 364 g/mol. The number of esters is 1. The van der Waals surface area contributed by atoms with E-state index in [0.29, 0.717) is 17.6 Å². The van der Waals surface area contributed by atoms with E-state index in [1.807, 2.05) is 0 Å². The van der Waals surface area contributed by atoms with Crippen molar-refractivity contribution in [3.8, 4) is 0 Å². The molecule has 0 aromatic heterocycles. The quantitative estimate of drug-likeness (QED) is 0.395. The van der Waals surface area contributed by atoms with Crippen molar-refractivity contribution >= 4 is 11.8 Å². The minimum absolute atomic E-state index is 0.0771. The average Bonchev–Trinajstić information content (AvgIpc) is 3.26. The number of ketones is 1. The Labute approximate surface area is 163 Å². The molecule has 3 saturated heterocycles. The summed E-state index contributed by atoms with van der Waals surface area (Å²) in [6.45, 7) is 9.20. The topological polar surface area (TPSA) is 106 Å². The van der Waals surface area contributed by atoms with Gasteiger partial charge in [0.25, 0.3) is 0 Å². The van der Waals surface area contributed by atoms with Crippen LogP contribution in [0.5, 0.6) is 0 Å². The van der Waals surface area contributed by atoms with Crippen LogP contribution in [-0.2, 0) is 23.8 Å². The molecule has 7 heteroatoms. The largest absolute Gasteiger partial charge is 0.457 e. The second-order valence-corrected chi connectivity index (χ2v) is 8.62. The second kappa shape index (κ2) is 6.35. The standard InChI is InChI=1S/C21H26O7/c1-10(2)14-8-16-21-18(28-21)15(26-19(21)24)7-11(3)5-13(22)6-12(4)9-20(25,27-16)17(14)23/h5-6,14-18,23,25H,1,7-9H2,2-4H3/b11-5-,12-6-/t14-,15-,16+,17-,18-,20+,21-/m0/s1. The minimum Gasteiger partial charge on any atom is -0.457 e. The molecule has 0 radical (unpaired) electrons. The van der Waals surface area contributed by atoms with E-state index in [1.165, 1.54) is 12.2 Å². The fraction of sp³-hybridized carbons (Fsp3) is 0.619. The molecule has 0 unspecified atom stereocenters. The maximum absolute atomic E-state index is 12.7. The molecule has 0 aromatic carbocycles. The Bertz CT molecular complexity index is 812. The fourth-order valence-electron chi connectivity index (χ4n) is 4.79. The summed E-state index contributed by atoms with van der Waals surface area (Å²) < 4.78 is 17.3. The second-order valence-electron chi connectivity index (χ2n) is 8.62. The van der Waals surface area contributed by atoms with Crippen LogP contribution in [0.15, 0.2) is 35.5 Å². The number of hydrogen-bond acceptors (Lipinski definition) is 7. The molecule has 2 N–H and O–H groups in total. The van der Waals surface area contributed by atoms with Gasteiger partial charge in [-0.2, -0.15) is 0 Å². The Morgan fingerprint density at radius 1 is 1.21 bits per heavy atom. The third-order valence-corrected chi connectivity index (χ3v) is 6.20. The lowest BCUT2D eigenvalue weighted by Crippen LogP contribution is -2.60. The van der Waals surface area contributed by atoms with Crippen LogP contribution >= 0.6 is 0 Å². The molecule has 0 aromatic rings. The van der Waals surface area contributed by atoms with Crippen molar-refractivity contribution < 1.29 is 34.0 Å². The molecule has 3 fully saturated rings. The summed E-state index contributed by atoms with van der Waals surface area (Å²) in [7, 11) is 0. The predicted octanol–water partition coefficient (Wildman–Crippen LogP) is 1.34. The molecular formula is C21H26O7. The van der Waals surface area contributed by atoms with Crippen LogP contribution in [0.25, 0.3) is 0 Å². The Morgan fingerprint density at radius 3 is 2.54 bits per heavy atom. The van der Waals surface area contributed by atoms with Crippen LogP contribution in [0.3, 0.4) is 0 Å². The highest BCUT2D eigenvalue weighted by Crippen LogP contribution is 2.56. The first-order valence-electron chi connectivity index (χ1n) is 9.57. The van der Waals surface area contributed by atoms with Gasteiger partial charge in [-0.15, -0.1) is 0 Å². The van der Waals surface area contributed by atoms with E-state index >= 15 is 0 Å². The number of carbonyl (C=O) groups is 2. The van der Waals surface area contributed by atoms with E-state index in [0.717, 1.165) is 5.57 Å². The fourth-order valence-corrected chi connectivity index (χ4v) is 4.79. The molecule has 4 aliphatic rings. The molecule has 28 heavy (non-hydrogen) atoms. The number of epoxide rings is 1. The van der Waals surface area contributed by atoms with Gasteiger partial charge in [-0.3, -0.25) is 4.79 Å². The van der Waals surface area contributed by atoms with E-state index in [4.69, 9.17) is 14.2 Å². The minimum atomic E-state index is -1.97. The summed E-state index contributed by atoms with van der Waals surface area (Å²) in [5.41, 5.74) is 0.743. The van der Waals surface area contributed by atoms with Gasteiger partial charge in [-0.05, 0) is 39.3 Å². The molecule has 0 aliphatic carbocycles. The van der Waals surface area contributed by atoms with Crippen molar-refractivity contribution in [2.45, 2.75) is 75.8 Å². The third kappa shape index (κ3) is 2.88. The smallest absolute Gasteiger partial charge is 0.344 e. The first-order chi connectivity index (χ1) is 13.1. The van der Waals surface area contributed by atoms with Crippen LogP contribution in [0.4, 0.5) is 0 Å². The van der Waals surface area contributed by atoms with Crippen LogP contribution in [0.2, 0.25) is 0 Å². The number of allylic oxidation sites excluding steroid dienone is 2. The highest BCUT2D eigenvalue weighted by Gasteiger charge is 2.78. The van der Waals surface area contributed by atoms with E-state index < -0.39 is 47.7 Å². The van der Waals surface area contributed by atoms with Gasteiger partial charge < -0.3 is 24.4 Å². The third-order valence-electron chi connectivity index (χ3n) is 6.20. The molecule has 4 aliphatic heterocycles. The van der Waals surface area contributed by atoms with Gasteiger partial charge in [0.15, 0.2) is 11.6 Å². The van der Waals surface area contributed by atoms with Crippen molar-refractivity contribution in [3.05, 3.63) is 35.5 Å². The Morgan fingerprint density at radius 2 is 1.89 bits per heavy atom. The molecule has 4 heterocycles. The molecule has 152 valence electrons. The first kappa shape index (κ1) is 19.5. The molecule has 4 bridgehead atoms. The Kier molecular flexibility index (Phi) is 4.43. The van der Waals surface area contributed by atoms with Crippen LogP contribution < -0.4 is 0 Å². The molecule has 0 amide bonds. The van der Waals surface area contributed by atoms with Crippen molar-refractivity contribution in [3.63, 3.8) is 0 Å². The van der Waals surface area contributed by atoms with Crippen LogP contribution in [0, 0.1) is 5.92 Å². The van der Waals surface area contributed by atoms with Crippen LogP contribution in [-0.4, -0.2) is 57.8 Å². The first-order valence-corrected chi connectivity index (χ1v) is 9.57. The van der Waals surface area contributed by atoms with Gasteiger partial charge in [0.1, 0.15) is 24.4 Å². The highest BCUT2D eigenvalue weighted by molar-refractivity contribution is 6.00. The summed E-state index contributed by atoms with van der Waals surface area (Å²) >= 11 is 0. The molecule has 7 atom stereocenters. The lowest BCUT2D eigenvalue weighted by molar-refractivity contribution is -0.316. The maximum Gasteiger partial charge on any atom is 0.344 e. The number of ether oxygens (including phenoxy) is 3. The average molecular weight is 390 g/mol. The zero-order chi connectivity index (χ0) is 20.4. The Hall–Kier alpha value is -1.80. The number of hydrogen-bond donors (Lipinski definition) is 2. The summed E-state index contributed by atoms with van der Waals surface area (Å²) in [6, 6.07) is 0.